The van der Waals surface area contributed by atoms with E-state index >= 15 is 0 Å². The van der Waals surface area contributed by atoms with E-state index in [0.717, 1.165) is 22.8 Å². The van der Waals surface area contributed by atoms with Crippen LogP contribution in [0.1, 0.15) is 25.2 Å². The monoisotopic (exact) mass is 395 g/mol. The van der Waals surface area contributed by atoms with Gasteiger partial charge in [0.25, 0.3) is 5.56 Å². The summed E-state index contributed by atoms with van der Waals surface area (Å²) in [6.45, 7) is 8.29. The molecule has 1 aromatic carbocycles. The Labute approximate surface area is 167 Å². The van der Waals surface area contributed by atoms with Crippen molar-refractivity contribution >= 4 is 16.9 Å². The van der Waals surface area contributed by atoms with Crippen LogP contribution in [-0.4, -0.2) is 30.2 Å². The topological polar surface area (TPSA) is 75.5 Å². The Hall–Kier alpha value is -3.29. The van der Waals surface area contributed by atoms with Crippen molar-refractivity contribution in [3.8, 4) is 11.4 Å². The average Bonchev–Trinajstić information content (AvgIpc) is 3.19. The lowest BCUT2D eigenvalue weighted by Gasteiger charge is -2.10. The van der Waals surface area contributed by atoms with Crippen molar-refractivity contribution < 1.29 is 4.74 Å². The molecule has 29 heavy (non-hydrogen) atoms. The van der Waals surface area contributed by atoms with Crippen molar-refractivity contribution in [2.75, 3.05) is 7.11 Å². The highest BCUT2D eigenvalue weighted by atomic mass is 16.5. The van der Waals surface area contributed by atoms with Gasteiger partial charge < -0.3 is 4.74 Å². The summed E-state index contributed by atoms with van der Waals surface area (Å²) in [5.41, 5.74) is 2.95. The first-order valence-electron chi connectivity index (χ1n) is 9.60. The van der Waals surface area contributed by atoms with Crippen LogP contribution in [0.4, 0.5) is 0 Å². The molecular weight excluding hydrogens is 370 g/mol. The van der Waals surface area contributed by atoms with E-state index in [2.05, 4.69) is 0 Å². The van der Waals surface area contributed by atoms with E-state index < -0.39 is 0 Å². The molecule has 8 nitrogen and oxygen atoms in total. The lowest BCUT2D eigenvalue weighted by Crippen LogP contribution is -2.40. The maximum atomic E-state index is 13.3. The van der Waals surface area contributed by atoms with Crippen LogP contribution in [-0.2, 0) is 13.6 Å². The zero-order chi connectivity index (χ0) is 21.0. The molecular formula is C21H25N5O3. The number of benzene rings is 1. The molecule has 0 aliphatic rings. The number of fused-ring (bicyclic) bond motifs is 3. The minimum atomic E-state index is -0.345. The molecule has 0 aliphatic heterocycles. The quantitative estimate of drug-likeness (QED) is 0.532. The number of hydrogen-bond donors (Lipinski definition) is 0. The molecule has 3 aromatic heterocycles. The lowest BCUT2D eigenvalue weighted by molar-refractivity contribution is 0.415. The maximum absolute atomic E-state index is 13.3. The molecule has 0 N–H and O–H groups in total. The third-order valence-corrected chi connectivity index (χ3v) is 5.40. The van der Waals surface area contributed by atoms with Crippen LogP contribution < -0.4 is 16.0 Å². The third kappa shape index (κ3) is 2.70. The highest BCUT2D eigenvalue weighted by Crippen LogP contribution is 2.25. The van der Waals surface area contributed by atoms with Gasteiger partial charge in [0.15, 0.2) is 11.2 Å². The predicted molar refractivity (Wildman–Crippen MR) is 112 cm³/mol. The van der Waals surface area contributed by atoms with Crippen molar-refractivity contribution in [1.82, 2.24) is 23.1 Å². The molecule has 4 aromatic rings. The first kappa shape index (κ1) is 19.0. The van der Waals surface area contributed by atoms with E-state index in [9.17, 15) is 9.59 Å². The molecule has 4 rings (SSSR count). The molecule has 0 bridgehead atoms. The number of nitrogens with zero attached hydrogens (tertiary/aromatic N) is 5. The van der Waals surface area contributed by atoms with Gasteiger partial charge in [-0.05, 0) is 44.0 Å². The van der Waals surface area contributed by atoms with Crippen LogP contribution in [0.25, 0.3) is 22.6 Å². The number of aromatic nitrogens is 5. The van der Waals surface area contributed by atoms with E-state index in [4.69, 9.17) is 9.72 Å². The number of imidazole rings is 2. The Morgan fingerprint density at radius 1 is 1.07 bits per heavy atom. The fraction of sp³-hybridized carbons (Fsp3) is 0.381. The van der Waals surface area contributed by atoms with Gasteiger partial charge in [-0.1, -0.05) is 13.8 Å². The van der Waals surface area contributed by atoms with Crippen LogP contribution in [0.2, 0.25) is 0 Å². The summed E-state index contributed by atoms with van der Waals surface area (Å²) >= 11 is 0. The highest BCUT2D eigenvalue weighted by Gasteiger charge is 2.23. The van der Waals surface area contributed by atoms with Gasteiger partial charge in [-0.3, -0.25) is 22.9 Å². The molecule has 0 amide bonds. The van der Waals surface area contributed by atoms with E-state index in [1.165, 1.54) is 9.13 Å². The molecule has 3 heterocycles. The number of ether oxygens (including phenoxy) is 1. The van der Waals surface area contributed by atoms with Crippen molar-refractivity contribution in [1.29, 1.82) is 0 Å². The summed E-state index contributed by atoms with van der Waals surface area (Å²) < 4.78 is 11.9. The normalized spacial score (nSPS) is 11.8. The fourth-order valence-corrected chi connectivity index (χ4v) is 3.82. The number of aryl methyl sites for hydroxylation is 2. The summed E-state index contributed by atoms with van der Waals surface area (Å²) in [4.78, 5) is 30.7. The van der Waals surface area contributed by atoms with E-state index in [0.29, 0.717) is 23.5 Å². The molecule has 0 saturated carbocycles. The van der Waals surface area contributed by atoms with Crippen LogP contribution in [0.3, 0.4) is 0 Å². The molecule has 0 saturated heterocycles. The van der Waals surface area contributed by atoms with Gasteiger partial charge in [0, 0.05) is 30.7 Å². The molecule has 0 aliphatic carbocycles. The Kier molecular flexibility index (Phi) is 4.37. The Morgan fingerprint density at radius 3 is 2.31 bits per heavy atom. The first-order chi connectivity index (χ1) is 13.8. The van der Waals surface area contributed by atoms with Gasteiger partial charge in [-0.2, -0.15) is 4.98 Å². The van der Waals surface area contributed by atoms with Crippen LogP contribution >= 0.6 is 0 Å². The zero-order valence-corrected chi connectivity index (χ0v) is 17.6. The van der Waals surface area contributed by atoms with Gasteiger partial charge in [0.2, 0.25) is 5.78 Å². The lowest BCUT2D eigenvalue weighted by atomic mass is 10.2. The molecule has 0 unspecified atom stereocenters. The summed E-state index contributed by atoms with van der Waals surface area (Å²) in [6.07, 6.45) is 0. The van der Waals surface area contributed by atoms with Crippen molar-refractivity contribution in [3.63, 3.8) is 0 Å². The smallest absolute Gasteiger partial charge is 0.332 e. The fourth-order valence-electron chi connectivity index (χ4n) is 3.82. The zero-order valence-electron chi connectivity index (χ0n) is 17.6. The molecule has 0 spiro atoms. The number of rotatable bonds is 4. The SMILES string of the molecule is COc1ccc(-n2c(C)c(C)n3c4c(=O)n(CC(C)C)c(=O)n(C)c4nc23)cc1. The molecule has 0 radical (unpaired) electrons. The van der Waals surface area contributed by atoms with Crippen LogP contribution in [0.5, 0.6) is 5.75 Å². The van der Waals surface area contributed by atoms with Crippen LogP contribution in [0, 0.1) is 19.8 Å². The minimum absolute atomic E-state index is 0.174. The Balaban J connectivity index is 2.12. The molecule has 8 heteroatoms. The minimum Gasteiger partial charge on any atom is -0.497 e. The first-order valence-corrected chi connectivity index (χ1v) is 9.60. The maximum Gasteiger partial charge on any atom is 0.332 e. The second-order valence-corrected chi connectivity index (χ2v) is 7.77. The van der Waals surface area contributed by atoms with Crippen molar-refractivity contribution in [3.05, 3.63) is 56.5 Å². The van der Waals surface area contributed by atoms with Gasteiger partial charge in [0.05, 0.1) is 7.11 Å². The molecule has 0 fully saturated rings. The summed E-state index contributed by atoms with van der Waals surface area (Å²) in [6, 6.07) is 7.66. The van der Waals surface area contributed by atoms with E-state index in [1.54, 1.807) is 14.2 Å². The summed E-state index contributed by atoms with van der Waals surface area (Å²) in [5, 5.41) is 0. The molecule has 0 atom stereocenters. The van der Waals surface area contributed by atoms with E-state index in [-0.39, 0.29) is 17.2 Å². The van der Waals surface area contributed by atoms with Crippen molar-refractivity contribution in [2.45, 2.75) is 34.2 Å². The standard InChI is InChI=1S/C21H25N5O3/c1-12(2)11-24-19(27)17-18(23(5)21(24)28)22-20-25(13(3)14(4)26(17)20)15-7-9-16(29-6)10-8-15/h7-10,12H,11H2,1-6H3. The van der Waals surface area contributed by atoms with Gasteiger partial charge >= 0.3 is 5.69 Å². The second-order valence-electron chi connectivity index (χ2n) is 7.77. The van der Waals surface area contributed by atoms with Gasteiger partial charge in [-0.15, -0.1) is 0 Å². The summed E-state index contributed by atoms with van der Waals surface area (Å²) in [5.74, 6) is 1.54. The van der Waals surface area contributed by atoms with Gasteiger partial charge in [-0.25, -0.2) is 4.79 Å². The summed E-state index contributed by atoms with van der Waals surface area (Å²) in [7, 11) is 3.29. The Morgan fingerprint density at radius 2 is 1.72 bits per heavy atom. The van der Waals surface area contributed by atoms with Crippen molar-refractivity contribution in [2.24, 2.45) is 13.0 Å². The van der Waals surface area contributed by atoms with Gasteiger partial charge in [0.1, 0.15) is 5.75 Å². The molecule has 152 valence electrons. The Bertz CT molecular complexity index is 1350. The number of hydrogen-bond acceptors (Lipinski definition) is 4. The predicted octanol–water partition coefficient (Wildman–Crippen LogP) is 2.42. The number of methoxy groups -OCH3 is 1. The third-order valence-electron chi connectivity index (χ3n) is 5.40. The average molecular weight is 395 g/mol. The highest BCUT2D eigenvalue weighted by molar-refractivity contribution is 5.77. The second kappa shape index (κ2) is 6.65. The largest absolute Gasteiger partial charge is 0.497 e. The van der Waals surface area contributed by atoms with E-state index in [1.807, 2.05) is 60.9 Å². The van der Waals surface area contributed by atoms with Crippen LogP contribution in [0.15, 0.2) is 33.9 Å².